The fourth-order valence-electron chi connectivity index (χ4n) is 1.94. The van der Waals surface area contributed by atoms with E-state index < -0.39 is 0 Å². The van der Waals surface area contributed by atoms with Crippen LogP contribution in [0.3, 0.4) is 0 Å². The van der Waals surface area contributed by atoms with Gasteiger partial charge in [-0.05, 0) is 6.42 Å². The van der Waals surface area contributed by atoms with Crippen LogP contribution in [0.1, 0.15) is 13.3 Å². The molecule has 2 rings (SSSR count). The topological polar surface area (TPSA) is 64.7 Å². The Bertz CT molecular complexity index is 281. The number of rotatable bonds is 2. The van der Waals surface area contributed by atoms with E-state index in [0.29, 0.717) is 6.54 Å². The van der Waals surface area contributed by atoms with E-state index in [4.69, 9.17) is 0 Å². The molecule has 2 aliphatic rings. The molecule has 0 aromatic heterocycles. The summed E-state index contributed by atoms with van der Waals surface area (Å²) in [7, 11) is 1.70. The minimum Gasteiger partial charge on any atom is -0.314 e. The Hall–Kier alpha value is -1.46. The smallest absolute Gasteiger partial charge is 0.314 e. The average Bonchev–Trinajstić information content (AvgIpc) is 2.61. The van der Waals surface area contributed by atoms with Crippen LogP contribution in [0.5, 0.6) is 0 Å². The summed E-state index contributed by atoms with van der Waals surface area (Å²) in [6.45, 7) is 2.68. The van der Waals surface area contributed by atoms with Crippen LogP contribution in [0, 0.1) is 0 Å². The van der Waals surface area contributed by atoms with Gasteiger partial charge >= 0.3 is 12.1 Å². The molecule has 0 radical (unpaired) electrons. The molecule has 2 aliphatic heterocycles. The first-order chi connectivity index (χ1) is 6.65. The van der Waals surface area contributed by atoms with Gasteiger partial charge in [-0.1, -0.05) is 6.92 Å². The van der Waals surface area contributed by atoms with Crippen molar-refractivity contribution in [2.45, 2.75) is 25.7 Å². The van der Waals surface area contributed by atoms with Crippen LogP contribution in [0.4, 0.5) is 9.59 Å². The molecule has 6 nitrogen and oxygen atoms in total. The number of hydrogen-bond acceptors (Lipinski definition) is 2. The SMILES string of the molecule is CCCN1C(=O)N(C)[C@@H]2NC(=O)N[C@@H]21. The third kappa shape index (κ3) is 1.10. The molecule has 0 aromatic rings. The zero-order valence-corrected chi connectivity index (χ0v) is 8.28. The normalized spacial score (nSPS) is 30.4. The number of urea groups is 2. The molecule has 0 spiro atoms. The van der Waals surface area contributed by atoms with Crippen molar-refractivity contribution in [2.24, 2.45) is 0 Å². The standard InChI is InChI=1S/C8H14N4O2/c1-3-4-12-6-5(9-7(13)10-6)11(2)8(12)14/h5-6H,3-4H2,1-2H3,(H2,9,10,13)/t5-,6+/m0/s1. The number of fused-ring (bicyclic) bond motifs is 1. The predicted octanol–water partition coefficient (Wildman–Crippen LogP) is -0.271. The molecule has 0 saturated carbocycles. The van der Waals surface area contributed by atoms with E-state index >= 15 is 0 Å². The van der Waals surface area contributed by atoms with E-state index in [2.05, 4.69) is 10.6 Å². The molecule has 6 heteroatoms. The van der Waals surface area contributed by atoms with Gasteiger partial charge in [0, 0.05) is 13.6 Å². The lowest BCUT2D eigenvalue weighted by molar-refractivity contribution is 0.184. The van der Waals surface area contributed by atoms with Gasteiger partial charge in [0.05, 0.1) is 0 Å². The number of nitrogens with one attached hydrogen (secondary N) is 2. The molecule has 2 heterocycles. The highest BCUT2D eigenvalue weighted by Gasteiger charge is 2.48. The maximum absolute atomic E-state index is 11.7. The van der Waals surface area contributed by atoms with Crippen LogP contribution in [-0.4, -0.2) is 47.8 Å². The summed E-state index contributed by atoms with van der Waals surface area (Å²) in [5.41, 5.74) is 0. The van der Waals surface area contributed by atoms with E-state index in [1.807, 2.05) is 6.92 Å². The molecule has 0 unspecified atom stereocenters. The second-order valence-corrected chi connectivity index (χ2v) is 3.59. The van der Waals surface area contributed by atoms with Gasteiger partial charge in [-0.3, -0.25) is 0 Å². The summed E-state index contributed by atoms with van der Waals surface area (Å²) in [6, 6.07) is -0.241. The van der Waals surface area contributed by atoms with E-state index in [1.165, 1.54) is 0 Å². The molecule has 2 atom stereocenters. The van der Waals surface area contributed by atoms with Crippen LogP contribution in [0.25, 0.3) is 0 Å². The maximum Gasteiger partial charge on any atom is 0.323 e. The molecule has 0 bridgehead atoms. The summed E-state index contributed by atoms with van der Waals surface area (Å²) in [5, 5.41) is 5.42. The fraction of sp³-hybridized carbons (Fsp3) is 0.750. The van der Waals surface area contributed by atoms with E-state index in [9.17, 15) is 9.59 Å². The first kappa shape index (κ1) is 9.11. The second-order valence-electron chi connectivity index (χ2n) is 3.59. The van der Waals surface area contributed by atoms with Gasteiger partial charge in [-0.2, -0.15) is 0 Å². The van der Waals surface area contributed by atoms with Crippen LogP contribution in [0.15, 0.2) is 0 Å². The second kappa shape index (κ2) is 3.04. The minimum atomic E-state index is -0.221. The van der Waals surface area contributed by atoms with Gasteiger partial charge in [0.15, 0.2) is 0 Å². The molecular formula is C8H14N4O2. The Morgan fingerprint density at radius 3 is 2.57 bits per heavy atom. The monoisotopic (exact) mass is 198 g/mol. The highest BCUT2D eigenvalue weighted by atomic mass is 16.2. The lowest BCUT2D eigenvalue weighted by Crippen LogP contribution is -2.43. The number of likely N-dealkylation sites (N-methyl/N-ethyl adjacent to an activating group) is 1. The Labute approximate surface area is 82.2 Å². The van der Waals surface area contributed by atoms with Gasteiger partial charge in [0.2, 0.25) is 0 Å². The Morgan fingerprint density at radius 1 is 1.29 bits per heavy atom. The van der Waals surface area contributed by atoms with Crippen molar-refractivity contribution in [2.75, 3.05) is 13.6 Å². The van der Waals surface area contributed by atoms with Crippen molar-refractivity contribution in [1.29, 1.82) is 0 Å². The van der Waals surface area contributed by atoms with Gasteiger partial charge < -0.3 is 20.4 Å². The average molecular weight is 198 g/mol. The van der Waals surface area contributed by atoms with Crippen LogP contribution < -0.4 is 10.6 Å². The van der Waals surface area contributed by atoms with E-state index in [-0.39, 0.29) is 24.4 Å². The maximum atomic E-state index is 11.7. The molecule has 0 aliphatic carbocycles. The zero-order valence-electron chi connectivity index (χ0n) is 8.28. The van der Waals surface area contributed by atoms with Crippen molar-refractivity contribution in [3.8, 4) is 0 Å². The molecule has 2 saturated heterocycles. The molecule has 0 aromatic carbocycles. The summed E-state index contributed by atoms with van der Waals surface area (Å²) in [5.74, 6) is 0. The Balaban J connectivity index is 2.18. The predicted molar refractivity (Wildman–Crippen MR) is 49.4 cm³/mol. The van der Waals surface area contributed by atoms with Crippen molar-refractivity contribution < 1.29 is 9.59 Å². The summed E-state index contributed by atoms with van der Waals surface area (Å²) in [6.07, 6.45) is 0.458. The van der Waals surface area contributed by atoms with Crippen molar-refractivity contribution in [3.63, 3.8) is 0 Å². The summed E-state index contributed by atoms with van der Waals surface area (Å²) >= 11 is 0. The first-order valence-electron chi connectivity index (χ1n) is 4.75. The number of amides is 4. The molecule has 78 valence electrons. The Morgan fingerprint density at radius 2 is 1.93 bits per heavy atom. The Kier molecular flexibility index (Phi) is 1.98. The minimum absolute atomic E-state index is 0.0330. The fourth-order valence-corrected chi connectivity index (χ4v) is 1.94. The summed E-state index contributed by atoms with van der Waals surface area (Å²) in [4.78, 5) is 26.0. The van der Waals surface area contributed by atoms with Gasteiger partial charge in [-0.15, -0.1) is 0 Å². The molecule has 4 amide bonds. The van der Waals surface area contributed by atoms with Crippen molar-refractivity contribution in [3.05, 3.63) is 0 Å². The quantitative estimate of drug-likeness (QED) is 0.641. The molecule has 14 heavy (non-hydrogen) atoms. The van der Waals surface area contributed by atoms with E-state index in [1.54, 1.807) is 16.8 Å². The van der Waals surface area contributed by atoms with Crippen LogP contribution in [-0.2, 0) is 0 Å². The molecule has 2 fully saturated rings. The zero-order chi connectivity index (χ0) is 10.3. The third-order valence-electron chi connectivity index (χ3n) is 2.62. The molecule has 2 N–H and O–H groups in total. The van der Waals surface area contributed by atoms with Crippen LogP contribution in [0.2, 0.25) is 0 Å². The highest BCUT2D eigenvalue weighted by molar-refractivity contribution is 5.84. The number of hydrogen-bond donors (Lipinski definition) is 2. The highest BCUT2D eigenvalue weighted by Crippen LogP contribution is 2.21. The van der Waals surface area contributed by atoms with Gasteiger partial charge in [0.1, 0.15) is 12.3 Å². The van der Waals surface area contributed by atoms with Crippen molar-refractivity contribution in [1.82, 2.24) is 20.4 Å². The number of carbonyl (C=O) groups is 2. The van der Waals surface area contributed by atoms with Crippen LogP contribution >= 0.6 is 0 Å². The largest absolute Gasteiger partial charge is 0.323 e. The third-order valence-corrected chi connectivity index (χ3v) is 2.62. The van der Waals surface area contributed by atoms with Crippen molar-refractivity contribution >= 4 is 12.1 Å². The summed E-state index contributed by atoms with van der Waals surface area (Å²) < 4.78 is 0. The van der Waals surface area contributed by atoms with Gasteiger partial charge in [-0.25, -0.2) is 9.59 Å². The number of nitrogens with zero attached hydrogens (tertiary/aromatic N) is 2. The van der Waals surface area contributed by atoms with Gasteiger partial charge in [0.25, 0.3) is 0 Å². The molecular weight excluding hydrogens is 184 g/mol. The lowest BCUT2D eigenvalue weighted by Gasteiger charge is -2.19. The lowest BCUT2D eigenvalue weighted by atomic mass is 10.3. The number of carbonyl (C=O) groups excluding carboxylic acids is 2. The first-order valence-corrected chi connectivity index (χ1v) is 4.75. The van der Waals surface area contributed by atoms with E-state index in [0.717, 1.165) is 6.42 Å².